The fourth-order valence-corrected chi connectivity index (χ4v) is 4.26. The molecule has 0 saturated carbocycles. The maximum Gasteiger partial charge on any atom is 0.0964 e. The molecule has 0 spiro atoms. The van der Waals surface area contributed by atoms with Crippen LogP contribution in [0.1, 0.15) is 30.9 Å². The summed E-state index contributed by atoms with van der Waals surface area (Å²) in [5.74, 6) is 0. The van der Waals surface area contributed by atoms with E-state index in [0.717, 1.165) is 42.5 Å². The van der Waals surface area contributed by atoms with Crippen LogP contribution in [-0.2, 0) is 0 Å². The summed E-state index contributed by atoms with van der Waals surface area (Å²) >= 11 is 18.8. The average Bonchev–Trinajstić information content (AvgIpc) is 2.69. The number of aliphatic hydroxyl groups excluding tert-OH is 1. The number of benzene rings is 2. The Morgan fingerprint density at radius 1 is 1.04 bits per heavy atom. The molecule has 1 aliphatic rings. The number of aliphatic hydroxyl groups is 1. The van der Waals surface area contributed by atoms with Crippen LogP contribution in [0.25, 0.3) is 22.2 Å². The van der Waals surface area contributed by atoms with Gasteiger partial charge in [-0.1, -0.05) is 59.4 Å². The highest BCUT2D eigenvalue weighted by Crippen LogP contribution is 2.39. The zero-order valence-corrected chi connectivity index (χ0v) is 16.8. The number of aromatic nitrogens is 1. The van der Waals surface area contributed by atoms with E-state index in [1.165, 1.54) is 0 Å². The summed E-state index contributed by atoms with van der Waals surface area (Å²) < 4.78 is 0. The third-order valence-electron chi connectivity index (χ3n) is 5.09. The highest BCUT2D eigenvalue weighted by atomic mass is 35.5. The molecule has 2 unspecified atom stereocenters. The third kappa shape index (κ3) is 3.80. The Kier molecular flexibility index (Phi) is 5.58. The van der Waals surface area contributed by atoms with Crippen molar-refractivity contribution < 1.29 is 5.11 Å². The summed E-state index contributed by atoms with van der Waals surface area (Å²) in [5.41, 5.74) is 3.13. The van der Waals surface area contributed by atoms with Gasteiger partial charge in [0.15, 0.2) is 0 Å². The van der Waals surface area contributed by atoms with E-state index >= 15 is 0 Å². The van der Waals surface area contributed by atoms with E-state index in [2.05, 4.69) is 5.32 Å². The van der Waals surface area contributed by atoms with E-state index in [-0.39, 0.29) is 6.04 Å². The molecule has 4 rings (SSSR count). The zero-order valence-electron chi connectivity index (χ0n) is 14.6. The Hall–Kier alpha value is -1.36. The molecule has 2 atom stereocenters. The van der Waals surface area contributed by atoms with Gasteiger partial charge >= 0.3 is 0 Å². The van der Waals surface area contributed by atoms with Crippen molar-refractivity contribution >= 4 is 45.7 Å². The van der Waals surface area contributed by atoms with Crippen LogP contribution in [0, 0.1) is 0 Å². The first-order valence-electron chi connectivity index (χ1n) is 9.00. The minimum Gasteiger partial charge on any atom is -0.387 e. The second-order valence-electron chi connectivity index (χ2n) is 6.86. The molecule has 3 nitrogen and oxygen atoms in total. The van der Waals surface area contributed by atoms with Crippen LogP contribution in [0.15, 0.2) is 42.5 Å². The average molecular weight is 422 g/mol. The SMILES string of the molecule is OC(c1c(Cl)c(Cl)cc2nc(-c3ccc(Cl)cc3)ccc12)C1CCCCN1. The van der Waals surface area contributed by atoms with Gasteiger partial charge in [0.2, 0.25) is 0 Å². The van der Waals surface area contributed by atoms with Crippen molar-refractivity contribution in [2.45, 2.75) is 31.4 Å². The largest absolute Gasteiger partial charge is 0.387 e. The smallest absolute Gasteiger partial charge is 0.0964 e. The molecular formula is C21H19Cl3N2O. The van der Waals surface area contributed by atoms with Gasteiger partial charge in [-0.2, -0.15) is 0 Å². The van der Waals surface area contributed by atoms with E-state index in [0.29, 0.717) is 26.1 Å². The molecule has 0 amide bonds. The maximum absolute atomic E-state index is 11.0. The van der Waals surface area contributed by atoms with Crippen LogP contribution < -0.4 is 5.32 Å². The Morgan fingerprint density at radius 2 is 1.81 bits per heavy atom. The van der Waals surface area contributed by atoms with E-state index < -0.39 is 6.10 Å². The lowest BCUT2D eigenvalue weighted by Gasteiger charge is -2.29. The number of hydrogen-bond donors (Lipinski definition) is 2. The molecule has 1 aliphatic heterocycles. The van der Waals surface area contributed by atoms with Crippen LogP contribution in [0.4, 0.5) is 0 Å². The van der Waals surface area contributed by atoms with Gasteiger partial charge in [-0.3, -0.25) is 0 Å². The summed E-state index contributed by atoms with van der Waals surface area (Å²) in [7, 11) is 0. The number of pyridine rings is 1. The normalized spacial score (nSPS) is 18.6. The molecule has 0 aliphatic carbocycles. The molecule has 2 aromatic carbocycles. The second-order valence-corrected chi connectivity index (χ2v) is 8.08. The fourth-order valence-electron chi connectivity index (χ4n) is 3.66. The number of rotatable bonds is 3. The van der Waals surface area contributed by atoms with Crippen molar-refractivity contribution in [3.05, 3.63) is 63.1 Å². The molecular weight excluding hydrogens is 403 g/mol. The van der Waals surface area contributed by atoms with Crippen LogP contribution in [0.3, 0.4) is 0 Å². The lowest BCUT2D eigenvalue weighted by atomic mass is 9.92. The van der Waals surface area contributed by atoms with Crippen LogP contribution >= 0.6 is 34.8 Å². The Morgan fingerprint density at radius 3 is 2.52 bits per heavy atom. The first-order chi connectivity index (χ1) is 13.0. The van der Waals surface area contributed by atoms with Gasteiger partial charge in [0.05, 0.1) is 27.4 Å². The third-order valence-corrected chi connectivity index (χ3v) is 6.14. The summed E-state index contributed by atoms with van der Waals surface area (Å²) in [6.07, 6.45) is 2.38. The molecule has 2 N–H and O–H groups in total. The molecule has 3 aromatic rings. The van der Waals surface area contributed by atoms with Crippen LogP contribution in [-0.4, -0.2) is 22.7 Å². The summed E-state index contributed by atoms with van der Waals surface area (Å²) in [4.78, 5) is 4.75. The van der Waals surface area contributed by atoms with Crippen molar-refractivity contribution in [1.29, 1.82) is 0 Å². The van der Waals surface area contributed by atoms with Gasteiger partial charge in [0.1, 0.15) is 0 Å². The van der Waals surface area contributed by atoms with E-state index in [1.54, 1.807) is 6.07 Å². The zero-order chi connectivity index (χ0) is 19.0. The number of hydrogen-bond acceptors (Lipinski definition) is 3. The fraction of sp³-hybridized carbons (Fsp3) is 0.286. The van der Waals surface area contributed by atoms with Gasteiger partial charge in [-0.15, -0.1) is 0 Å². The standard InChI is InChI=1S/C21H19Cl3N2O/c22-13-6-4-12(5-7-13)16-9-8-14-18(26-16)11-15(23)20(24)19(14)21(27)17-3-1-2-10-25-17/h4-9,11,17,21,25,27H,1-3,10H2. The minimum atomic E-state index is -0.734. The van der Waals surface area contributed by atoms with Gasteiger partial charge < -0.3 is 10.4 Å². The number of piperidine rings is 1. The van der Waals surface area contributed by atoms with Crippen molar-refractivity contribution in [3.63, 3.8) is 0 Å². The Balaban J connectivity index is 1.81. The number of nitrogens with one attached hydrogen (secondary N) is 1. The lowest BCUT2D eigenvalue weighted by Crippen LogP contribution is -2.39. The van der Waals surface area contributed by atoms with Crippen LogP contribution in [0.5, 0.6) is 0 Å². The van der Waals surface area contributed by atoms with Gasteiger partial charge in [0, 0.05) is 27.6 Å². The summed E-state index contributed by atoms with van der Waals surface area (Å²) in [5, 5.41) is 16.7. The van der Waals surface area contributed by atoms with Crippen molar-refractivity contribution in [3.8, 4) is 11.3 Å². The monoisotopic (exact) mass is 420 g/mol. The van der Waals surface area contributed by atoms with Crippen molar-refractivity contribution in [2.75, 3.05) is 6.54 Å². The Labute approximate surface area is 173 Å². The molecule has 140 valence electrons. The molecule has 6 heteroatoms. The predicted octanol–water partition coefficient (Wildman–Crippen LogP) is 6.04. The molecule has 0 radical (unpaired) electrons. The molecule has 1 aromatic heterocycles. The Bertz CT molecular complexity index is 969. The molecule has 0 bridgehead atoms. The van der Waals surface area contributed by atoms with E-state index in [9.17, 15) is 5.11 Å². The highest BCUT2D eigenvalue weighted by molar-refractivity contribution is 6.43. The highest BCUT2D eigenvalue weighted by Gasteiger charge is 2.27. The first kappa shape index (κ1) is 19.0. The summed E-state index contributed by atoms with van der Waals surface area (Å²) in [6.45, 7) is 0.900. The predicted molar refractivity (Wildman–Crippen MR) is 113 cm³/mol. The van der Waals surface area contributed by atoms with Gasteiger partial charge in [-0.25, -0.2) is 4.98 Å². The second kappa shape index (κ2) is 7.94. The first-order valence-corrected chi connectivity index (χ1v) is 10.1. The quantitative estimate of drug-likeness (QED) is 0.542. The van der Waals surface area contributed by atoms with Crippen molar-refractivity contribution in [2.24, 2.45) is 0 Å². The number of halogens is 3. The molecule has 2 heterocycles. The van der Waals surface area contributed by atoms with E-state index in [1.807, 2.05) is 36.4 Å². The van der Waals surface area contributed by atoms with Gasteiger partial charge in [-0.05, 0) is 43.7 Å². The number of nitrogens with zero attached hydrogens (tertiary/aromatic N) is 1. The van der Waals surface area contributed by atoms with Crippen LogP contribution in [0.2, 0.25) is 15.1 Å². The summed E-state index contributed by atoms with van der Waals surface area (Å²) in [6, 6.07) is 13.1. The molecule has 1 saturated heterocycles. The number of fused-ring (bicyclic) bond motifs is 1. The van der Waals surface area contributed by atoms with Gasteiger partial charge in [0.25, 0.3) is 0 Å². The lowest BCUT2D eigenvalue weighted by molar-refractivity contribution is 0.115. The topological polar surface area (TPSA) is 45.2 Å². The molecule has 27 heavy (non-hydrogen) atoms. The minimum absolute atomic E-state index is 0.0335. The van der Waals surface area contributed by atoms with Crippen molar-refractivity contribution in [1.82, 2.24) is 10.3 Å². The maximum atomic E-state index is 11.0. The molecule has 1 fully saturated rings. The van der Waals surface area contributed by atoms with E-state index in [4.69, 9.17) is 39.8 Å².